The first-order valence-electron chi connectivity index (χ1n) is 11.5. The molecule has 0 aliphatic rings. The highest BCUT2D eigenvalue weighted by molar-refractivity contribution is 7.77. The zero-order chi connectivity index (χ0) is 26.5. The number of aromatic nitrogens is 6. The SMILES string of the molecule is COc1cccc(OC)c1-n1c(C[C@@H](c2ncc(C)cn2)[C@@H](C)NS(=O)[O-])nnc1-c1cncc(C)c1. The largest absolute Gasteiger partial charge is 0.760 e. The number of nitrogens with zero attached hydrogens (tertiary/aromatic N) is 6. The second-order valence-corrected chi connectivity index (χ2v) is 9.31. The molecular weight excluding hydrogens is 494 g/mol. The summed E-state index contributed by atoms with van der Waals surface area (Å²) in [5.74, 6) is 2.21. The molecule has 4 rings (SSSR count). The van der Waals surface area contributed by atoms with Gasteiger partial charge in [0.05, 0.1) is 14.2 Å². The Bertz CT molecular complexity index is 1370. The maximum absolute atomic E-state index is 11.5. The summed E-state index contributed by atoms with van der Waals surface area (Å²) >= 11 is -2.48. The van der Waals surface area contributed by atoms with Gasteiger partial charge in [-0.2, -0.15) is 0 Å². The second kappa shape index (κ2) is 11.5. The Balaban J connectivity index is 1.92. The molecule has 0 aliphatic heterocycles. The fourth-order valence-electron chi connectivity index (χ4n) is 4.12. The Kier molecular flexibility index (Phi) is 8.21. The van der Waals surface area contributed by atoms with Gasteiger partial charge in [-0.3, -0.25) is 13.8 Å². The van der Waals surface area contributed by atoms with Gasteiger partial charge in [-0.25, -0.2) is 14.7 Å². The number of rotatable bonds is 10. The third kappa shape index (κ3) is 5.82. The van der Waals surface area contributed by atoms with E-state index in [-0.39, 0.29) is 6.42 Å². The van der Waals surface area contributed by atoms with Crippen LogP contribution in [0.1, 0.15) is 35.6 Å². The summed E-state index contributed by atoms with van der Waals surface area (Å²) in [6.45, 7) is 5.60. The Morgan fingerprint density at radius 3 is 2.30 bits per heavy atom. The number of aryl methyl sites for hydroxylation is 2. The molecule has 0 fully saturated rings. The van der Waals surface area contributed by atoms with Crippen LogP contribution < -0.4 is 14.2 Å². The van der Waals surface area contributed by atoms with E-state index < -0.39 is 23.2 Å². The lowest BCUT2D eigenvalue weighted by Gasteiger charge is -2.25. The number of para-hydroxylation sites is 1. The fourth-order valence-corrected chi connectivity index (χ4v) is 4.58. The van der Waals surface area contributed by atoms with Crippen molar-refractivity contribution >= 4 is 11.3 Å². The summed E-state index contributed by atoms with van der Waals surface area (Å²) in [7, 11) is 3.16. The predicted molar refractivity (Wildman–Crippen MR) is 137 cm³/mol. The standard InChI is InChI=1S/C25H29N7O4S/c1-15-9-18(14-26-11-15)25-30-29-22(32(25)23-20(35-4)7-6-8-21(23)36-5)10-19(17(3)31-37(33)34)24-27-12-16(2)13-28-24/h6-9,11-14,17,19,31H,10H2,1-5H3,(H,33,34)/p-1/t17-,19-/m1/s1. The number of hydrogen-bond donors (Lipinski definition) is 1. The molecule has 1 aromatic carbocycles. The van der Waals surface area contributed by atoms with Crippen LogP contribution in [0, 0.1) is 13.8 Å². The van der Waals surface area contributed by atoms with Crippen molar-refractivity contribution in [2.75, 3.05) is 14.2 Å². The summed E-state index contributed by atoms with van der Waals surface area (Å²) in [6.07, 6.45) is 7.14. The maximum atomic E-state index is 11.5. The van der Waals surface area contributed by atoms with Gasteiger partial charge in [-0.05, 0) is 50.1 Å². The van der Waals surface area contributed by atoms with Crippen LogP contribution in [0.5, 0.6) is 11.5 Å². The molecular formula is C25H28N7O4S-. The smallest absolute Gasteiger partial charge is 0.170 e. The van der Waals surface area contributed by atoms with Gasteiger partial charge in [0, 0.05) is 60.0 Å². The quantitative estimate of drug-likeness (QED) is 0.311. The van der Waals surface area contributed by atoms with Crippen molar-refractivity contribution in [3.05, 3.63) is 71.8 Å². The topological polar surface area (TPSA) is 140 Å². The minimum Gasteiger partial charge on any atom is -0.760 e. The Morgan fingerprint density at radius 1 is 1.03 bits per heavy atom. The molecule has 12 heteroatoms. The first-order valence-corrected chi connectivity index (χ1v) is 12.6. The summed E-state index contributed by atoms with van der Waals surface area (Å²) in [6, 6.07) is 6.91. The summed E-state index contributed by atoms with van der Waals surface area (Å²) in [4.78, 5) is 13.3. The van der Waals surface area contributed by atoms with E-state index in [1.54, 1.807) is 45.9 Å². The highest BCUT2D eigenvalue weighted by Crippen LogP contribution is 2.37. The maximum Gasteiger partial charge on any atom is 0.170 e. The summed E-state index contributed by atoms with van der Waals surface area (Å²) < 4.78 is 38.8. The van der Waals surface area contributed by atoms with Crippen LogP contribution in [0.2, 0.25) is 0 Å². The molecule has 0 aliphatic carbocycles. The van der Waals surface area contributed by atoms with Gasteiger partial charge < -0.3 is 14.0 Å². The highest BCUT2D eigenvalue weighted by atomic mass is 32.2. The van der Waals surface area contributed by atoms with Crippen LogP contribution in [0.3, 0.4) is 0 Å². The van der Waals surface area contributed by atoms with Crippen molar-refractivity contribution in [2.45, 2.75) is 39.2 Å². The average molecular weight is 523 g/mol. The predicted octanol–water partition coefficient (Wildman–Crippen LogP) is 2.85. The molecule has 4 aromatic rings. The fraction of sp³-hybridized carbons (Fsp3) is 0.320. The Morgan fingerprint density at radius 2 is 1.70 bits per heavy atom. The molecule has 0 saturated carbocycles. The summed E-state index contributed by atoms with van der Waals surface area (Å²) in [5, 5.41) is 9.05. The van der Waals surface area contributed by atoms with Crippen molar-refractivity contribution in [3.63, 3.8) is 0 Å². The van der Waals surface area contributed by atoms with E-state index in [0.29, 0.717) is 34.7 Å². The molecule has 0 saturated heterocycles. The van der Waals surface area contributed by atoms with E-state index in [0.717, 1.165) is 16.7 Å². The molecule has 1 N–H and O–H groups in total. The first-order chi connectivity index (χ1) is 17.8. The molecule has 0 bridgehead atoms. The number of methoxy groups -OCH3 is 2. The summed E-state index contributed by atoms with van der Waals surface area (Å²) in [5.41, 5.74) is 3.22. The van der Waals surface area contributed by atoms with Crippen molar-refractivity contribution < 1.29 is 18.2 Å². The molecule has 0 radical (unpaired) electrons. The minimum atomic E-state index is -2.48. The zero-order valence-electron chi connectivity index (χ0n) is 21.2. The van der Waals surface area contributed by atoms with Crippen LogP contribution >= 0.6 is 0 Å². The molecule has 0 amide bonds. The van der Waals surface area contributed by atoms with Crippen molar-refractivity contribution in [3.8, 4) is 28.6 Å². The molecule has 3 heterocycles. The molecule has 3 aromatic heterocycles. The molecule has 0 spiro atoms. The number of pyridine rings is 1. The number of nitrogens with one attached hydrogen (secondary N) is 1. The van der Waals surface area contributed by atoms with Gasteiger partial charge in [0.15, 0.2) is 5.82 Å². The van der Waals surface area contributed by atoms with E-state index in [9.17, 15) is 8.76 Å². The zero-order valence-corrected chi connectivity index (χ0v) is 22.0. The van der Waals surface area contributed by atoms with E-state index >= 15 is 0 Å². The highest BCUT2D eigenvalue weighted by Gasteiger charge is 2.29. The lowest BCUT2D eigenvalue weighted by molar-refractivity contribution is 0.390. The molecule has 194 valence electrons. The van der Waals surface area contributed by atoms with Crippen LogP contribution in [0.4, 0.5) is 0 Å². The van der Waals surface area contributed by atoms with Crippen molar-refractivity contribution in [1.82, 2.24) is 34.4 Å². The molecule has 37 heavy (non-hydrogen) atoms. The molecule has 3 atom stereocenters. The minimum absolute atomic E-state index is 0.266. The Labute approximate surface area is 217 Å². The first kappa shape index (κ1) is 26.3. The van der Waals surface area contributed by atoms with Crippen molar-refractivity contribution in [1.29, 1.82) is 0 Å². The number of benzene rings is 1. The lowest BCUT2D eigenvalue weighted by atomic mass is 9.96. The van der Waals surface area contributed by atoms with Crippen LogP contribution in [0.15, 0.2) is 49.1 Å². The van der Waals surface area contributed by atoms with Gasteiger partial charge in [-0.1, -0.05) is 6.07 Å². The number of hydrogen-bond acceptors (Lipinski definition) is 9. The average Bonchev–Trinajstić information content (AvgIpc) is 3.30. The van der Waals surface area contributed by atoms with Gasteiger partial charge in [0.2, 0.25) is 0 Å². The van der Waals surface area contributed by atoms with Crippen LogP contribution in [0.25, 0.3) is 17.1 Å². The second-order valence-electron chi connectivity index (χ2n) is 8.61. The van der Waals surface area contributed by atoms with Crippen molar-refractivity contribution in [2.24, 2.45) is 0 Å². The van der Waals surface area contributed by atoms with Gasteiger partial charge in [0.1, 0.15) is 28.8 Å². The number of ether oxygens (including phenoxy) is 2. The van der Waals surface area contributed by atoms with Gasteiger partial charge in [0.25, 0.3) is 0 Å². The van der Waals surface area contributed by atoms with Crippen LogP contribution in [-0.2, 0) is 17.7 Å². The van der Waals surface area contributed by atoms with E-state index in [1.807, 2.05) is 42.7 Å². The molecule has 1 unspecified atom stereocenters. The van der Waals surface area contributed by atoms with E-state index in [2.05, 4.69) is 29.9 Å². The van der Waals surface area contributed by atoms with E-state index in [1.165, 1.54) is 0 Å². The van der Waals surface area contributed by atoms with Crippen LogP contribution in [-0.4, -0.2) is 58.7 Å². The van der Waals surface area contributed by atoms with E-state index in [4.69, 9.17) is 9.47 Å². The lowest BCUT2D eigenvalue weighted by Crippen LogP contribution is -2.35. The Hall–Kier alpha value is -3.74. The van der Waals surface area contributed by atoms with Gasteiger partial charge >= 0.3 is 0 Å². The monoisotopic (exact) mass is 522 g/mol. The molecule has 11 nitrogen and oxygen atoms in total. The third-order valence-corrected chi connectivity index (χ3v) is 6.47. The normalized spacial score (nSPS) is 13.7. The van der Waals surface area contributed by atoms with Gasteiger partial charge in [-0.15, -0.1) is 10.2 Å². The third-order valence-electron chi connectivity index (χ3n) is 5.91.